The molecule has 0 radical (unpaired) electrons. The smallest absolute Gasteiger partial charge is 0.297 e. The van der Waals surface area contributed by atoms with Crippen molar-refractivity contribution in [2.45, 2.75) is 12.4 Å². The van der Waals surface area contributed by atoms with Crippen LogP contribution in [0.5, 0.6) is 0 Å². The number of hydrazine groups is 1. The number of halogens is 7. The van der Waals surface area contributed by atoms with E-state index in [-0.39, 0.29) is 16.7 Å². The Kier molecular flexibility index (Phi) is 6.07. The van der Waals surface area contributed by atoms with Crippen molar-refractivity contribution in [3.05, 3.63) is 64.2 Å². The van der Waals surface area contributed by atoms with Crippen molar-refractivity contribution in [1.29, 1.82) is 0 Å². The summed E-state index contributed by atoms with van der Waals surface area (Å²) in [6.45, 7) is 0. The molecule has 3 amide bonds. The molecule has 2 aromatic carbocycles. The molecule has 0 aliphatic carbocycles. The maximum atomic E-state index is 12.8. The molecule has 2 rings (SSSR count). The van der Waals surface area contributed by atoms with E-state index in [1.807, 2.05) is 10.7 Å². The number of rotatable bonds is 3. The second-order valence-electron chi connectivity index (χ2n) is 5.31. The average Bonchev–Trinajstić information content (AvgIpc) is 2.58. The number of anilines is 1. The van der Waals surface area contributed by atoms with Crippen molar-refractivity contribution in [3.63, 3.8) is 0 Å². The minimum atomic E-state index is -5.04. The summed E-state index contributed by atoms with van der Waals surface area (Å²) in [4.78, 5) is 23.6. The second kappa shape index (κ2) is 7.97. The van der Waals surface area contributed by atoms with Gasteiger partial charge in [-0.25, -0.2) is 4.79 Å². The summed E-state index contributed by atoms with van der Waals surface area (Å²) in [5.41, 5.74) is -0.219. The summed E-state index contributed by atoms with van der Waals surface area (Å²) in [5.74, 6) is -0.926. The first-order valence-corrected chi connectivity index (χ1v) is 7.67. The molecule has 0 bridgehead atoms. The number of alkyl halides is 6. The van der Waals surface area contributed by atoms with Gasteiger partial charge in [-0.1, -0.05) is 23.7 Å². The Labute approximate surface area is 158 Å². The Morgan fingerprint density at radius 2 is 1.39 bits per heavy atom. The van der Waals surface area contributed by atoms with Gasteiger partial charge in [-0.15, -0.1) is 0 Å². The molecule has 0 saturated heterocycles. The van der Waals surface area contributed by atoms with E-state index in [0.717, 1.165) is 0 Å². The molecule has 2 aromatic rings. The molecule has 0 aliphatic heterocycles. The summed E-state index contributed by atoms with van der Waals surface area (Å²) < 4.78 is 76.7. The van der Waals surface area contributed by atoms with E-state index in [2.05, 4.69) is 0 Å². The fourth-order valence-electron chi connectivity index (χ4n) is 2.00. The SMILES string of the molecule is O=C(NNc1cc(C(F)(F)F)cc(C(F)(F)F)c1)NC(=O)c1ccccc1Cl. The van der Waals surface area contributed by atoms with Crippen LogP contribution in [-0.4, -0.2) is 11.9 Å². The molecule has 0 unspecified atom stereocenters. The highest BCUT2D eigenvalue weighted by molar-refractivity contribution is 6.34. The van der Waals surface area contributed by atoms with Crippen LogP contribution in [0, 0.1) is 0 Å². The van der Waals surface area contributed by atoms with Gasteiger partial charge in [0.15, 0.2) is 0 Å². The number of hydrogen-bond acceptors (Lipinski definition) is 3. The van der Waals surface area contributed by atoms with Crippen molar-refractivity contribution < 1.29 is 35.9 Å². The molecule has 150 valence electrons. The Balaban J connectivity index is 2.12. The van der Waals surface area contributed by atoms with Crippen LogP contribution < -0.4 is 16.2 Å². The van der Waals surface area contributed by atoms with Crippen LogP contribution in [0.2, 0.25) is 5.02 Å². The van der Waals surface area contributed by atoms with Gasteiger partial charge in [-0.3, -0.25) is 21.0 Å². The number of benzene rings is 2. The standard InChI is InChI=1S/C16H10ClF6N3O2/c17-12-4-2-1-3-11(12)13(27)24-14(28)26-25-10-6-8(15(18,19)20)5-9(7-10)16(21,22)23/h1-7,25H,(H2,24,26,27,28). The third-order valence-electron chi connectivity index (χ3n) is 3.25. The highest BCUT2D eigenvalue weighted by Crippen LogP contribution is 2.37. The van der Waals surface area contributed by atoms with Crippen LogP contribution >= 0.6 is 11.6 Å². The minimum absolute atomic E-state index is 0.0356. The number of nitrogens with one attached hydrogen (secondary N) is 3. The van der Waals surface area contributed by atoms with Crippen LogP contribution in [0.1, 0.15) is 21.5 Å². The second-order valence-corrected chi connectivity index (χ2v) is 5.71. The summed E-state index contributed by atoms with van der Waals surface area (Å²) in [6.07, 6.45) is -10.1. The summed E-state index contributed by atoms with van der Waals surface area (Å²) in [6, 6.07) is 5.14. The van der Waals surface area contributed by atoms with Gasteiger partial charge in [-0.2, -0.15) is 26.3 Å². The lowest BCUT2D eigenvalue weighted by molar-refractivity contribution is -0.143. The maximum absolute atomic E-state index is 12.8. The quantitative estimate of drug-likeness (QED) is 0.486. The highest BCUT2D eigenvalue weighted by Gasteiger charge is 2.37. The summed E-state index contributed by atoms with van der Waals surface area (Å²) >= 11 is 5.77. The predicted octanol–water partition coefficient (Wildman–Crippen LogP) is 4.84. The fraction of sp³-hybridized carbons (Fsp3) is 0.125. The molecule has 0 heterocycles. The molecule has 0 atom stereocenters. The monoisotopic (exact) mass is 425 g/mol. The summed E-state index contributed by atoms with van der Waals surface area (Å²) in [5, 5.41) is 1.85. The average molecular weight is 426 g/mol. The molecule has 0 spiro atoms. The lowest BCUT2D eigenvalue weighted by Crippen LogP contribution is -2.42. The van der Waals surface area contributed by atoms with Gasteiger partial charge in [0.05, 0.1) is 27.4 Å². The molecule has 12 heteroatoms. The minimum Gasteiger partial charge on any atom is -0.297 e. The Morgan fingerprint density at radius 3 is 1.89 bits per heavy atom. The van der Waals surface area contributed by atoms with Gasteiger partial charge in [0, 0.05) is 0 Å². The van der Waals surface area contributed by atoms with Gasteiger partial charge >= 0.3 is 18.4 Å². The van der Waals surface area contributed by atoms with E-state index < -0.39 is 41.1 Å². The largest absolute Gasteiger partial charge is 0.416 e. The molecule has 0 aliphatic rings. The molecule has 3 N–H and O–H groups in total. The van der Waals surface area contributed by atoms with Crippen LogP contribution in [0.3, 0.4) is 0 Å². The molecule has 28 heavy (non-hydrogen) atoms. The Morgan fingerprint density at radius 1 is 0.857 bits per heavy atom. The first-order valence-electron chi connectivity index (χ1n) is 7.29. The van der Waals surface area contributed by atoms with Gasteiger partial charge in [0.25, 0.3) is 5.91 Å². The third kappa shape index (κ3) is 5.52. The van der Waals surface area contributed by atoms with E-state index in [4.69, 9.17) is 11.6 Å². The molecular weight excluding hydrogens is 416 g/mol. The highest BCUT2D eigenvalue weighted by atomic mass is 35.5. The first-order chi connectivity index (χ1) is 12.9. The zero-order valence-corrected chi connectivity index (χ0v) is 14.3. The first kappa shape index (κ1) is 21.4. The van der Waals surface area contributed by atoms with Crippen LogP contribution in [-0.2, 0) is 12.4 Å². The maximum Gasteiger partial charge on any atom is 0.416 e. The van der Waals surface area contributed by atoms with Gasteiger partial charge in [0.2, 0.25) is 0 Å². The molecular formula is C16H10ClF6N3O2. The van der Waals surface area contributed by atoms with Gasteiger partial charge in [-0.05, 0) is 30.3 Å². The van der Waals surface area contributed by atoms with E-state index in [9.17, 15) is 35.9 Å². The van der Waals surface area contributed by atoms with Crippen molar-refractivity contribution in [2.75, 3.05) is 5.43 Å². The Bertz CT molecular complexity index is 866. The lowest BCUT2D eigenvalue weighted by atomic mass is 10.1. The molecule has 0 saturated carbocycles. The fourth-order valence-corrected chi connectivity index (χ4v) is 2.22. The van der Waals surface area contributed by atoms with E-state index in [1.54, 1.807) is 5.43 Å². The van der Waals surface area contributed by atoms with E-state index in [0.29, 0.717) is 12.1 Å². The van der Waals surface area contributed by atoms with E-state index in [1.165, 1.54) is 24.3 Å². The van der Waals surface area contributed by atoms with Crippen molar-refractivity contribution in [1.82, 2.24) is 10.7 Å². The van der Waals surface area contributed by atoms with Crippen molar-refractivity contribution >= 4 is 29.2 Å². The van der Waals surface area contributed by atoms with Crippen molar-refractivity contribution in [2.24, 2.45) is 0 Å². The predicted molar refractivity (Wildman–Crippen MR) is 87.5 cm³/mol. The Hall–Kier alpha value is -2.95. The van der Waals surface area contributed by atoms with Gasteiger partial charge in [0.1, 0.15) is 0 Å². The van der Waals surface area contributed by atoms with Crippen LogP contribution in [0.4, 0.5) is 36.8 Å². The topological polar surface area (TPSA) is 70.2 Å². The number of urea groups is 1. The van der Waals surface area contributed by atoms with Crippen molar-refractivity contribution in [3.8, 4) is 0 Å². The number of carbonyl (C=O) groups excluding carboxylic acids is 2. The lowest BCUT2D eigenvalue weighted by Gasteiger charge is -2.15. The van der Waals surface area contributed by atoms with Gasteiger partial charge < -0.3 is 0 Å². The zero-order chi connectivity index (χ0) is 21.1. The van der Waals surface area contributed by atoms with E-state index >= 15 is 0 Å². The molecule has 0 fully saturated rings. The number of hydrogen-bond donors (Lipinski definition) is 3. The molecule has 0 aromatic heterocycles. The van der Waals surface area contributed by atoms with Crippen LogP contribution in [0.25, 0.3) is 0 Å². The normalized spacial score (nSPS) is 11.7. The molecule has 5 nitrogen and oxygen atoms in total. The third-order valence-corrected chi connectivity index (χ3v) is 3.58. The van der Waals surface area contributed by atoms with Crippen LogP contribution in [0.15, 0.2) is 42.5 Å². The number of amides is 3. The number of carbonyl (C=O) groups is 2. The zero-order valence-electron chi connectivity index (χ0n) is 13.5. The number of imide groups is 1. The summed E-state index contributed by atoms with van der Waals surface area (Å²) in [7, 11) is 0.